The highest BCUT2D eigenvalue weighted by molar-refractivity contribution is 9.10. The molecule has 0 atom stereocenters. The van der Waals surface area contributed by atoms with Crippen molar-refractivity contribution in [1.82, 2.24) is 15.0 Å². The number of halogens is 1. The van der Waals surface area contributed by atoms with Gasteiger partial charge in [-0.3, -0.25) is 0 Å². The van der Waals surface area contributed by atoms with Gasteiger partial charge in [0, 0.05) is 7.05 Å². The molecule has 2 N–H and O–H groups in total. The van der Waals surface area contributed by atoms with Crippen LogP contribution in [0.2, 0.25) is 0 Å². The lowest BCUT2D eigenvalue weighted by atomic mass is 10.3. The van der Waals surface area contributed by atoms with Crippen LogP contribution in [-0.4, -0.2) is 22.0 Å². The van der Waals surface area contributed by atoms with E-state index in [1.54, 1.807) is 6.26 Å². The number of nitrogens with one attached hydrogen (secondary N) is 2. The molecular weight excluding hydrogens is 284 g/mol. The predicted molar refractivity (Wildman–Crippen MR) is 68.8 cm³/mol. The van der Waals surface area contributed by atoms with Crippen LogP contribution in [-0.2, 0) is 0 Å². The van der Waals surface area contributed by atoms with Gasteiger partial charge in [0.15, 0.2) is 10.3 Å². The zero-order valence-electron chi connectivity index (χ0n) is 8.99. The molecule has 0 radical (unpaired) electrons. The molecule has 0 aromatic carbocycles. The Bertz CT molecular complexity index is 673. The molecule has 0 bridgehead atoms. The summed E-state index contributed by atoms with van der Waals surface area (Å²) in [5, 5.41) is 2.98. The lowest BCUT2D eigenvalue weighted by Gasteiger charge is -1.95. The first kappa shape index (κ1) is 10.3. The van der Waals surface area contributed by atoms with Gasteiger partial charge in [-0.1, -0.05) is 0 Å². The molecule has 0 aliphatic carbocycles. The highest BCUT2D eigenvalue weighted by atomic mass is 79.9. The van der Waals surface area contributed by atoms with Crippen LogP contribution in [0.4, 0.5) is 5.82 Å². The maximum absolute atomic E-state index is 5.18. The van der Waals surface area contributed by atoms with Crippen LogP contribution in [0.25, 0.3) is 22.6 Å². The summed E-state index contributed by atoms with van der Waals surface area (Å²) in [6, 6.07) is 5.69. The van der Waals surface area contributed by atoms with Crippen molar-refractivity contribution < 1.29 is 4.42 Å². The molecule has 0 saturated carbocycles. The fraction of sp³-hybridized carbons (Fsp3) is 0.0909. The number of aromatic amines is 1. The summed E-state index contributed by atoms with van der Waals surface area (Å²) in [5.41, 5.74) is 2.46. The zero-order chi connectivity index (χ0) is 11.8. The van der Waals surface area contributed by atoms with E-state index >= 15 is 0 Å². The molecule has 0 spiro atoms. The Morgan fingerprint density at radius 1 is 1.29 bits per heavy atom. The molecule has 3 aromatic heterocycles. The van der Waals surface area contributed by atoms with Crippen LogP contribution in [0, 0.1) is 0 Å². The zero-order valence-corrected chi connectivity index (χ0v) is 10.6. The molecule has 0 amide bonds. The van der Waals surface area contributed by atoms with Crippen molar-refractivity contribution in [2.75, 3.05) is 12.4 Å². The Kier molecular flexibility index (Phi) is 2.36. The number of rotatable bonds is 2. The Hall–Kier alpha value is -1.82. The number of hydrogen-bond donors (Lipinski definition) is 2. The summed E-state index contributed by atoms with van der Waals surface area (Å²) in [5.74, 6) is 1.53. The number of nitrogens with zero attached hydrogens (tertiary/aromatic N) is 2. The van der Waals surface area contributed by atoms with Gasteiger partial charge in [-0.05, 0) is 34.1 Å². The maximum atomic E-state index is 5.18. The molecule has 0 saturated heterocycles. The number of anilines is 1. The van der Waals surface area contributed by atoms with Gasteiger partial charge >= 0.3 is 0 Å². The first-order valence-corrected chi connectivity index (χ1v) is 5.85. The van der Waals surface area contributed by atoms with Crippen molar-refractivity contribution in [3.05, 3.63) is 29.1 Å². The Morgan fingerprint density at radius 3 is 2.88 bits per heavy atom. The third-order valence-corrected chi connectivity index (χ3v) is 3.09. The second kappa shape index (κ2) is 3.89. The Labute approximate surface area is 105 Å². The summed E-state index contributed by atoms with van der Waals surface area (Å²) < 4.78 is 5.84. The summed E-state index contributed by atoms with van der Waals surface area (Å²) in [4.78, 5) is 12.0. The topological polar surface area (TPSA) is 66.7 Å². The van der Waals surface area contributed by atoms with E-state index in [1.807, 2.05) is 25.2 Å². The number of pyridine rings is 1. The monoisotopic (exact) mass is 292 g/mol. The Morgan fingerprint density at radius 2 is 2.18 bits per heavy atom. The summed E-state index contributed by atoms with van der Waals surface area (Å²) >= 11 is 3.33. The first-order valence-electron chi connectivity index (χ1n) is 5.06. The molecule has 3 heterocycles. The van der Waals surface area contributed by atoms with Crippen molar-refractivity contribution in [2.45, 2.75) is 0 Å². The summed E-state index contributed by atoms with van der Waals surface area (Å²) in [6.45, 7) is 0. The van der Waals surface area contributed by atoms with E-state index in [2.05, 4.69) is 36.2 Å². The highest BCUT2D eigenvalue weighted by Gasteiger charge is 2.11. The fourth-order valence-corrected chi connectivity index (χ4v) is 2.05. The number of hydrogen-bond acceptors (Lipinski definition) is 4. The van der Waals surface area contributed by atoms with E-state index in [0.29, 0.717) is 10.3 Å². The minimum absolute atomic E-state index is 0.658. The standard InChI is InChI=1S/C11H9BrN4O/c1-13-8-3-2-7-11(15-8)16-10(14-7)6-4-5-17-9(6)12/h2-5H,1H3,(H2,13,14,15,16). The van der Waals surface area contributed by atoms with Crippen LogP contribution in [0.3, 0.4) is 0 Å². The van der Waals surface area contributed by atoms with Crippen LogP contribution < -0.4 is 5.32 Å². The van der Waals surface area contributed by atoms with Crippen molar-refractivity contribution in [2.24, 2.45) is 0 Å². The number of fused-ring (bicyclic) bond motifs is 1. The molecule has 0 aliphatic rings. The highest BCUT2D eigenvalue weighted by Crippen LogP contribution is 2.28. The molecule has 86 valence electrons. The number of furan rings is 1. The number of H-pyrrole nitrogens is 1. The van der Waals surface area contributed by atoms with E-state index in [9.17, 15) is 0 Å². The third-order valence-electron chi connectivity index (χ3n) is 2.48. The van der Waals surface area contributed by atoms with Gasteiger partial charge in [0.25, 0.3) is 0 Å². The molecule has 6 heteroatoms. The Balaban J connectivity index is 2.17. The van der Waals surface area contributed by atoms with E-state index in [0.717, 1.165) is 22.7 Å². The quantitative estimate of drug-likeness (QED) is 0.762. The van der Waals surface area contributed by atoms with Crippen molar-refractivity contribution in [3.63, 3.8) is 0 Å². The second-order valence-corrected chi connectivity index (χ2v) is 4.23. The summed E-state index contributed by atoms with van der Waals surface area (Å²) in [7, 11) is 1.83. The van der Waals surface area contributed by atoms with Gasteiger partial charge in [-0.15, -0.1) is 0 Å². The lowest BCUT2D eigenvalue weighted by molar-refractivity contribution is 0.542. The van der Waals surface area contributed by atoms with Gasteiger partial charge in [-0.25, -0.2) is 9.97 Å². The largest absolute Gasteiger partial charge is 0.457 e. The van der Waals surface area contributed by atoms with Gasteiger partial charge in [0.05, 0.1) is 17.3 Å². The summed E-state index contributed by atoms with van der Waals surface area (Å²) in [6.07, 6.45) is 1.61. The van der Waals surface area contributed by atoms with E-state index in [4.69, 9.17) is 4.42 Å². The maximum Gasteiger partial charge on any atom is 0.180 e. The van der Waals surface area contributed by atoms with Crippen LogP contribution >= 0.6 is 15.9 Å². The lowest BCUT2D eigenvalue weighted by Crippen LogP contribution is -1.91. The molecular formula is C11H9BrN4O. The van der Waals surface area contributed by atoms with Crippen molar-refractivity contribution >= 4 is 32.9 Å². The number of aromatic nitrogens is 3. The second-order valence-electron chi connectivity index (χ2n) is 3.51. The molecule has 5 nitrogen and oxygen atoms in total. The third kappa shape index (κ3) is 1.70. The van der Waals surface area contributed by atoms with Crippen LogP contribution in [0.1, 0.15) is 0 Å². The minimum Gasteiger partial charge on any atom is -0.457 e. The van der Waals surface area contributed by atoms with Gasteiger partial charge in [0.1, 0.15) is 11.6 Å². The average molecular weight is 293 g/mol. The molecule has 17 heavy (non-hydrogen) atoms. The molecule has 0 fully saturated rings. The smallest absolute Gasteiger partial charge is 0.180 e. The average Bonchev–Trinajstić information content (AvgIpc) is 2.93. The predicted octanol–water partition coefficient (Wildman–Crippen LogP) is 3.02. The SMILES string of the molecule is CNc1ccc2[nH]c(-c3ccoc3Br)nc2n1. The van der Waals surface area contributed by atoms with Crippen molar-refractivity contribution in [1.29, 1.82) is 0 Å². The molecule has 3 rings (SSSR count). The van der Waals surface area contributed by atoms with Crippen molar-refractivity contribution in [3.8, 4) is 11.4 Å². The molecule has 0 unspecified atom stereocenters. The van der Waals surface area contributed by atoms with E-state index < -0.39 is 0 Å². The first-order chi connectivity index (χ1) is 8.28. The normalized spacial score (nSPS) is 10.9. The van der Waals surface area contributed by atoms with Crippen LogP contribution in [0.15, 0.2) is 33.5 Å². The number of imidazole rings is 1. The molecule has 3 aromatic rings. The van der Waals surface area contributed by atoms with E-state index in [1.165, 1.54) is 0 Å². The van der Waals surface area contributed by atoms with Gasteiger partial charge < -0.3 is 14.7 Å². The van der Waals surface area contributed by atoms with E-state index in [-0.39, 0.29) is 0 Å². The van der Waals surface area contributed by atoms with Gasteiger partial charge in [-0.2, -0.15) is 0 Å². The minimum atomic E-state index is 0.658. The fourth-order valence-electron chi connectivity index (χ4n) is 1.62. The molecule has 0 aliphatic heterocycles. The van der Waals surface area contributed by atoms with Gasteiger partial charge in [0.2, 0.25) is 0 Å². The van der Waals surface area contributed by atoms with Crippen LogP contribution in [0.5, 0.6) is 0 Å².